The summed E-state index contributed by atoms with van der Waals surface area (Å²) in [6.45, 7) is 1.39. The van der Waals surface area contributed by atoms with Gasteiger partial charge in [0.1, 0.15) is 6.04 Å². The fraction of sp³-hybridized carbons (Fsp3) is 0.385. The van der Waals surface area contributed by atoms with Crippen LogP contribution >= 0.6 is 0 Å². The summed E-state index contributed by atoms with van der Waals surface area (Å²) in [6.07, 6.45) is 0.922. The minimum absolute atomic E-state index is 0.322. The van der Waals surface area contributed by atoms with Crippen LogP contribution in [0.5, 0.6) is 0 Å². The lowest BCUT2D eigenvalue weighted by atomic mass is 10.1. The predicted molar refractivity (Wildman–Crippen MR) is 69.3 cm³/mol. The van der Waals surface area contributed by atoms with E-state index in [0.717, 1.165) is 6.07 Å². The van der Waals surface area contributed by atoms with Crippen LogP contribution in [0.25, 0.3) is 0 Å². The zero-order chi connectivity index (χ0) is 16.0. The van der Waals surface area contributed by atoms with Gasteiger partial charge in [-0.25, -0.2) is 13.2 Å². The van der Waals surface area contributed by atoms with Crippen LogP contribution in [0.1, 0.15) is 19.8 Å². The average Bonchev–Trinajstić information content (AvgIpc) is 2.43. The Bertz CT molecular complexity index is 538. The number of halogens is 3. The number of anilines is 1. The number of hydrogen-bond acceptors (Lipinski definition) is 3. The molecule has 0 saturated heterocycles. The second-order valence-corrected chi connectivity index (χ2v) is 4.33. The van der Waals surface area contributed by atoms with Gasteiger partial charge in [0.2, 0.25) is 5.91 Å². The summed E-state index contributed by atoms with van der Waals surface area (Å²) >= 11 is 0. The van der Waals surface area contributed by atoms with E-state index in [0.29, 0.717) is 18.9 Å². The van der Waals surface area contributed by atoms with Crippen LogP contribution in [0.15, 0.2) is 12.1 Å². The van der Waals surface area contributed by atoms with Gasteiger partial charge in [0.25, 0.3) is 0 Å². The molecule has 116 valence electrons. The van der Waals surface area contributed by atoms with Crippen molar-refractivity contribution in [2.75, 3.05) is 11.9 Å². The first-order valence-corrected chi connectivity index (χ1v) is 6.26. The van der Waals surface area contributed by atoms with E-state index in [1.165, 1.54) is 0 Å². The summed E-state index contributed by atoms with van der Waals surface area (Å²) < 4.78 is 39.0. The minimum Gasteiger partial charge on any atom is -0.480 e. The van der Waals surface area contributed by atoms with Crippen molar-refractivity contribution in [2.24, 2.45) is 0 Å². The van der Waals surface area contributed by atoms with Gasteiger partial charge in [0, 0.05) is 0 Å². The number of nitrogens with one attached hydrogen (secondary N) is 2. The molecule has 1 amide bonds. The van der Waals surface area contributed by atoms with Gasteiger partial charge in [0.05, 0.1) is 12.2 Å². The van der Waals surface area contributed by atoms with Gasteiger partial charge >= 0.3 is 5.97 Å². The van der Waals surface area contributed by atoms with Gasteiger partial charge in [-0.05, 0) is 18.6 Å². The van der Waals surface area contributed by atoms with Crippen LogP contribution in [0.2, 0.25) is 0 Å². The third-order valence-electron chi connectivity index (χ3n) is 2.69. The summed E-state index contributed by atoms with van der Waals surface area (Å²) in [4.78, 5) is 22.4. The molecule has 8 heteroatoms. The quantitative estimate of drug-likeness (QED) is 0.672. The predicted octanol–water partition coefficient (Wildman–Crippen LogP) is 1.89. The van der Waals surface area contributed by atoms with Crippen molar-refractivity contribution < 1.29 is 27.9 Å². The number of hydrogen-bond donors (Lipinski definition) is 3. The lowest BCUT2D eigenvalue weighted by molar-refractivity contribution is -0.139. The molecule has 0 aromatic heterocycles. The van der Waals surface area contributed by atoms with Gasteiger partial charge in [0.15, 0.2) is 17.5 Å². The van der Waals surface area contributed by atoms with E-state index in [1.807, 2.05) is 5.32 Å². The number of amides is 1. The zero-order valence-corrected chi connectivity index (χ0v) is 11.3. The van der Waals surface area contributed by atoms with E-state index >= 15 is 0 Å². The Morgan fingerprint density at radius 1 is 1.24 bits per heavy atom. The lowest BCUT2D eigenvalue weighted by Gasteiger charge is -2.13. The Morgan fingerprint density at radius 2 is 1.90 bits per heavy atom. The van der Waals surface area contributed by atoms with E-state index < -0.39 is 47.6 Å². The van der Waals surface area contributed by atoms with Crippen molar-refractivity contribution in [2.45, 2.75) is 25.8 Å². The molecule has 0 aliphatic carbocycles. The van der Waals surface area contributed by atoms with E-state index in [1.54, 1.807) is 6.92 Å². The molecular weight excluding hydrogens is 289 g/mol. The van der Waals surface area contributed by atoms with Gasteiger partial charge in [-0.3, -0.25) is 14.9 Å². The van der Waals surface area contributed by atoms with Crippen molar-refractivity contribution >= 4 is 17.6 Å². The summed E-state index contributed by atoms with van der Waals surface area (Å²) in [6, 6.07) is 0.654. The lowest BCUT2D eigenvalue weighted by Crippen LogP contribution is -2.41. The van der Waals surface area contributed by atoms with Crippen LogP contribution in [0, 0.1) is 17.5 Å². The first-order valence-electron chi connectivity index (χ1n) is 6.26. The Morgan fingerprint density at radius 3 is 2.48 bits per heavy atom. The van der Waals surface area contributed by atoms with Crippen molar-refractivity contribution in [1.29, 1.82) is 0 Å². The van der Waals surface area contributed by atoms with Crippen molar-refractivity contribution in [3.8, 4) is 0 Å². The number of carbonyl (C=O) groups excluding carboxylic acids is 1. The summed E-state index contributed by atoms with van der Waals surface area (Å²) in [7, 11) is 0. The number of rotatable bonds is 7. The maximum atomic E-state index is 13.3. The minimum atomic E-state index is -1.69. The average molecular weight is 304 g/mol. The Labute approximate surface area is 119 Å². The van der Waals surface area contributed by atoms with Gasteiger partial charge in [-0.15, -0.1) is 0 Å². The van der Waals surface area contributed by atoms with Crippen LogP contribution in [-0.4, -0.2) is 29.6 Å². The second kappa shape index (κ2) is 7.63. The Balaban J connectivity index is 2.62. The molecule has 0 bridgehead atoms. The number of carboxylic acids is 1. The van der Waals surface area contributed by atoms with Crippen molar-refractivity contribution in [3.05, 3.63) is 29.6 Å². The summed E-state index contributed by atoms with van der Waals surface area (Å²) in [5, 5.41) is 13.4. The highest BCUT2D eigenvalue weighted by Gasteiger charge is 2.18. The molecule has 5 nitrogen and oxygen atoms in total. The smallest absolute Gasteiger partial charge is 0.320 e. The molecule has 0 heterocycles. The Kier molecular flexibility index (Phi) is 6.16. The third-order valence-corrected chi connectivity index (χ3v) is 2.69. The fourth-order valence-corrected chi connectivity index (χ4v) is 1.63. The normalized spacial score (nSPS) is 12.0. The largest absolute Gasteiger partial charge is 0.480 e. The SMILES string of the molecule is CCCC(NCC(=O)Nc1ccc(F)c(F)c1F)C(=O)O. The number of carboxylic acid groups (broad SMARTS) is 1. The second-order valence-electron chi connectivity index (χ2n) is 4.33. The fourth-order valence-electron chi connectivity index (χ4n) is 1.63. The molecule has 1 rings (SSSR count). The van der Waals surface area contributed by atoms with E-state index in [2.05, 4.69) is 5.32 Å². The van der Waals surface area contributed by atoms with E-state index in [9.17, 15) is 22.8 Å². The molecule has 1 aromatic rings. The standard InChI is InChI=1S/C13H15F3N2O3/c1-2-3-9(13(20)21)17-6-10(19)18-8-5-4-7(14)11(15)12(8)16/h4-5,9,17H,2-3,6H2,1H3,(H,18,19)(H,20,21). The third kappa shape index (κ3) is 4.75. The Hall–Kier alpha value is -2.09. The maximum absolute atomic E-state index is 13.3. The number of carbonyl (C=O) groups is 2. The monoisotopic (exact) mass is 304 g/mol. The zero-order valence-electron chi connectivity index (χ0n) is 11.3. The summed E-state index contributed by atoms with van der Waals surface area (Å²) in [5.74, 6) is -6.43. The molecule has 3 N–H and O–H groups in total. The van der Waals surface area contributed by atoms with E-state index in [-0.39, 0.29) is 0 Å². The highest BCUT2D eigenvalue weighted by molar-refractivity contribution is 5.92. The molecule has 0 radical (unpaired) electrons. The summed E-state index contributed by atoms with van der Waals surface area (Å²) in [5.41, 5.74) is -0.511. The van der Waals surface area contributed by atoms with Gasteiger partial charge in [-0.2, -0.15) is 0 Å². The number of aliphatic carboxylic acids is 1. The molecule has 21 heavy (non-hydrogen) atoms. The van der Waals surface area contributed by atoms with Crippen LogP contribution in [0.3, 0.4) is 0 Å². The molecule has 1 atom stereocenters. The van der Waals surface area contributed by atoms with Gasteiger partial charge in [-0.1, -0.05) is 13.3 Å². The van der Waals surface area contributed by atoms with Crippen LogP contribution in [-0.2, 0) is 9.59 Å². The number of benzene rings is 1. The molecule has 1 aromatic carbocycles. The molecule has 0 aliphatic heterocycles. The topological polar surface area (TPSA) is 78.4 Å². The molecule has 0 spiro atoms. The molecule has 0 saturated carbocycles. The van der Waals surface area contributed by atoms with Gasteiger partial charge < -0.3 is 10.4 Å². The first-order chi connectivity index (χ1) is 9.86. The molecule has 0 fully saturated rings. The first kappa shape index (κ1) is 17.0. The van der Waals surface area contributed by atoms with Crippen LogP contribution < -0.4 is 10.6 Å². The van der Waals surface area contributed by atoms with Crippen LogP contribution in [0.4, 0.5) is 18.9 Å². The van der Waals surface area contributed by atoms with E-state index in [4.69, 9.17) is 5.11 Å². The van der Waals surface area contributed by atoms with Crippen molar-refractivity contribution in [1.82, 2.24) is 5.32 Å². The highest BCUT2D eigenvalue weighted by Crippen LogP contribution is 2.19. The molecule has 1 unspecified atom stereocenters. The van der Waals surface area contributed by atoms with Crippen molar-refractivity contribution in [3.63, 3.8) is 0 Å². The highest BCUT2D eigenvalue weighted by atomic mass is 19.2. The maximum Gasteiger partial charge on any atom is 0.320 e. The molecule has 0 aliphatic rings. The molecular formula is C13H15F3N2O3.